The van der Waals surface area contributed by atoms with Crippen LogP contribution in [0.15, 0.2) is 60.9 Å². The first kappa shape index (κ1) is 47.3. The molecule has 0 aliphatic carbocycles. The van der Waals surface area contributed by atoms with Crippen molar-refractivity contribution in [2.24, 2.45) is 5.73 Å². The molecule has 0 atom stereocenters. The Morgan fingerprint density at radius 1 is 0.722 bits per heavy atom. The SMILES string of the molecule is CC(C)(C)OC(=O)n1ccc2ccc(C=O)cc21.CCOC(=O)CCCN.CCOC(=O)CCCNCc1ccc2ccn(C(=O)OC(C)(C)C)c2c1.Cl. The fourth-order valence-corrected chi connectivity index (χ4v) is 4.75. The number of nitrogens with zero attached hydrogens (tertiary/aromatic N) is 2. The molecule has 4 aromatic rings. The number of halogens is 1. The highest BCUT2D eigenvalue weighted by molar-refractivity contribution is 5.93. The van der Waals surface area contributed by atoms with Crippen molar-refractivity contribution in [3.8, 4) is 0 Å². The summed E-state index contributed by atoms with van der Waals surface area (Å²) in [6.45, 7) is 17.4. The first-order valence-corrected chi connectivity index (χ1v) is 17.9. The van der Waals surface area contributed by atoms with E-state index in [0.717, 1.165) is 47.5 Å². The molecule has 0 unspecified atom stereocenters. The van der Waals surface area contributed by atoms with Gasteiger partial charge in [-0.2, -0.15) is 0 Å². The highest BCUT2D eigenvalue weighted by Gasteiger charge is 2.20. The van der Waals surface area contributed by atoms with Gasteiger partial charge < -0.3 is 30.0 Å². The normalized spacial score (nSPS) is 10.9. The summed E-state index contributed by atoms with van der Waals surface area (Å²) in [6, 6.07) is 14.9. The van der Waals surface area contributed by atoms with Gasteiger partial charge in [0.15, 0.2) is 0 Å². The number of hydrogen-bond donors (Lipinski definition) is 2. The molecule has 0 saturated heterocycles. The number of benzene rings is 2. The van der Waals surface area contributed by atoms with E-state index < -0.39 is 17.3 Å². The van der Waals surface area contributed by atoms with E-state index >= 15 is 0 Å². The predicted molar refractivity (Wildman–Crippen MR) is 212 cm³/mol. The fraction of sp³-hybridized carbons (Fsp3) is 0.475. The van der Waals surface area contributed by atoms with E-state index in [9.17, 15) is 24.0 Å². The van der Waals surface area contributed by atoms with Gasteiger partial charge in [0.2, 0.25) is 0 Å². The summed E-state index contributed by atoms with van der Waals surface area (Å²) in [4.78, 5) is 56.9. The Balaban J connectivity index is 0.000000451. The quantitative estimate of drug-likeness (QED) is 0.0623. The van der Waals surface area contributed by atoms with Gasteiger partial charge in [-0.1, -0.05) is 24.3 Å². The molecule has 14 heteroatoms. The zero-order valence-corrected chi connectivity index (χ0v) is 33.6. The van der Waals surface area contributed by atoms with Crippen LogP contribution in [-0.4, -0.2) is 77.1 Å². The molecule has 2 aromatic carbocycles. The maximum absolute atomic E-state index is 12.3. The molecule has 0 radical (unpaired) electrons. The summed E-state index contributed by atoms with van der Waals surface area (Å²) in [5, 5.41) is 5.19. The van der Waals surface area contributed by atoms with Crippen LogP contribution in [-0.2, 0) is 35.1 Å². The van der Waals surface area contributed by atoms with E-state index in [1.54, 1.807) is 44.4 Å². The smallest absolute Gasteiger partial charge is 0.418 e. The third-order valence-electron chi connectivity index (χ3n) is 7.05. The summed E-state index contributed by atoms with van der Waals surface area (Å²) in [6.07, 6.45) is 5.63. The highest BCUT2D eigenvalue weighted by atomic mass is 35.5. The second-order valence-electron chi connectivity index (χ2n) is 13.9. The molecule has 54 heavy (non-hydrogen) atoms. The van der Waals surface area contributed by atoms with Gasteiger partial charge in [-0.3, -0.25) is 23.5 Å². The summed E-state index contributed by atoms with van der Waals surface area (Å²) >= 11 is 0. The van der Waals surface area contributed by atoms with E-state index in [4.69, 9.17) is 19.9 Å². The second-order valence-corrected chi connectivity index (χ2v) is 13.9. The van der Waals surface area contributed by atoms with Crippen LogP contribution in [0.2, 0.25) is 0 Å². The number of nitrogens with one attached hydrogen (secondary N) is 1. The molecule has 0 fully saturated rings. The lowest BCUT2D eigenvalue weighted by molar-refractivity contribution is -0.144. The van der Waals surface area contributed by atoms with Gasteiger partial charge in [0.1, 0.15) is 17.5 Å². The van der Waals surface area contributed by atoms with Crippen LogP contribution in [0.1, 0.15) is 97.0 Å². The number of esters is 2. The molecule has 298 valence electrons. The maximum Gasteiger partial charge on any atom is 0.418 e. The molecule has 0 spiro atoms. The van der Waals surface area contributed by atoms with Crippen molar-refractivity contribution in [2.75, 3.05) is 26.3 Å². The second kappa shape index (κ2) is 23.1. The third kappa shape index (κ3) is 17.0. The summed E-state index contributed by atoms with van der Waals surface area (Å²) in [7, 11) is 0. The molecule has 0 amide bonds. The van der Waals surface area contributed by atoms with Crippen LogP contribution in [0.25, 0.3) is 21.8 Å². The zero-order chi connectivity index (χ0) is 39.6. The Morgan fingerprint density at radius 3 is 1.67 bits per heavy atom. The van der Waals surface area contributed by atoms with Crippen molar-refractivity contribution in [2.45, 2.75) is 98.8 Å². The van der Waals surface area contributed by atoms with Crippen molar-refractivity contribution in [1.82, 2.24) is 14.5 Å². The van der Waals surface area contributed by atoms with E-state index in [-0.39, 0.29) is 30.4 Å². The number of rotatable bonds is 12. The Kier molecular flexibility index (Phi) is 20.3. The van der Waals surface area contributed by atoms with Crippen LogP contribution in [0, 0.1) is 0 Å². The van der Waals surface area contributed by atoms with Crippen molar-refractivity contribution < 1.29 is 42.9 Å². The average Bonchev–Trinajstić information content (AvgIpc) is 3.71. The van der Waals surface area contributed by atoms with E-state index in [1.165, 1.54) is 9.13 Å². The Labute approximate surface area is 324 Å². The standard InChI is InChI=1S/C20H28N2O4.C14H15NO3.C6H13NO2.ClH/c1-5-25-18(23)7-6-11-21-14-15-8-9-16-10-12-22(17(16)13-15)19(24)26-20(2,3)4;1-14(2,3)18-13(17)15-7-6-11-5-4-10(9-16)8-12(11)15;1-2-9-6(8)4-3-5-7;/h8-10,12-13,21H,5-7,11,14H2,1-4H3;4-9H,1-3H3;2-5,7H2,1H3;1H. The Bertz CT molecular complexity index is 1800. The minimum absolute atomic E-state index is 0. The summed E-state index contributed by atoms with van der Waals surface area (Å²) in [5.41, 5.74) is 7.18. The van der Waals surface area contributed by atoms with Gasteiger partial charge >= 0.3 is 24.1 Å². The lowest BCUT2D eigenvalue weighted by Gasteiger charge is -2.19. The number of nitrogens with two attached hydrogens (primary N) is 1. The topological polar surface area (TPSA) is 170 Å². The molecule has 3 N–H and O–H groups in total. The highest BCUT2D eigenvalue weighted by Crippen LogP contribution is 2.21. The third-order valence-corrected chi connectivity index (χ3v) is 7.05. The number of hydrogen-bond acceptors (Lipinski definition) is 11. The molecule has 0 saturated carbocycles. The van der Waals surface area contributed by atoms with Crippen molar-refractivity contribution in [1.29, 1.82) is 0 Å². The first-order chi connectivity index (χ1) is 25.0. The lowest BCUT2D eigenvalue weighted by atomic mass is 10.1. The van der Waals surface area contributed by atoms with Crippen molar-refractivity contribution >= 4 is 64.6 Å². The van der Waals surface area contributed by atoms with Crippen LogP contribution in [0.4, 0.5) is 9.59 Å². The average molecular weight is 773 g/mol. The molecule has 0 bridgehead atoms. The van der Waals surface area contributed by atoms with Crippen molar-refractivity contribution in [3.05, 3.63) is 72.1 Å². The van der Waals surface area contributed by atoms with Gasteiger partial charge in [0.05, 0.1) is 24.2 Å². The maximum atomic E-state index is 12.3. The molecule has 2 aromatic heterocycles. The number of aromatic nitrogens is 2. The largest absolute Gasteiger partial charge is 0.466 e. The number of fused-ring (bicyclic) bond motifs is 2. The predicted octanol–water partition coefficient (Wildman–Crippen LogP) is 7.80. The van der Waals surface area contributed by atoms with Crippen LogP contribution >= 0.6 is 12.4 Å². The Morgan fingerprint density at radius 2 is 1.20 bits per heavy atom. The number of carbonyl (C=O) groups is 5. The summed E-state index contributed by atoms with van der Waals surface area (Å²) in [5.74, 6) is -0.311. The van der Waals surface area contributed by atoms with Gasteiger partial charge in [0, 0.05) is 48.1 Å². The molecule has 0 aliphatic rings. The van der Waals surface area contributed by atoms with Crippen LogP contribution < -0.4 is 11.1 Å². The first-order valence-electron chi connectivity index (χ1n) is 17.9. The number of aldehydes is 1. The fourth-order valence-electron chi connectivity index (χ4n) is 4.75. The molecule has 4 rings (SSSR count). The molecule has 2 heterocycles. The number of ether oxygens (including phenoxy) is 4. The summed E-state index contributed by atoms with van der Waals surface area (Å²) < 4.78 is 23.2. The Hall–Kier alpha value is -4.72. The lowest BCUT2D eigenvalue weighted by Crippen LogP contribution is -2.26. The minimum Gasteiger partial charge on any atom is -0.466 e. The van der Waals surface area contributed by atoms with Gasteiger partial charge in [-0.15, -0.1) is 12.4 Å². The molecule has 13 nitrogen and oxygen atoms in total. The van der Waals surface area contributed by atoms with Gasteiger partial charge in [-0.05, 0) is 111 Å². The minimum atomic E-state index is -0.546. The van der Waals surface area contributed by atoms with Gasteiger partial charge in [-0.25, -0.2) is 9.59 Å². The molecular formula is C40H57ClN4O9. The van der Waals surface area contributed by atoms with E-state index in [0.29, 0.717) is 50.2 Å². The van der Waals surface area contributed by atoms with Crippen molar-refractivity contribution in [3.63, 3.8) is 0 Å². The molecular weight excluding hydrogens is 716 g/mol. The van der Waals surface area contributed by atoms with Gasteiger partial charge in [0.25, 0.3) is 0 Å². The van der Waals surface area contributed by atoms with E-state index in [1.807, 2.05) is 71.9 Å². The van der Waals surface area contributed by atoms with Crippen LogP contribution in [0.3, 0.4) is 0 Å². The van der Waals surface area contributed by atoms with Crippen LogP contribution in [0.5, 0.6) is 0 Å². The zero-order valence-electron chi connectivity index (χ0n) is 32.8. The van der Waals surface area contributed by atoms with E-state index in [2.05, 4.69) is 10.1 Å². The monoisotopic (exact) mass is 772 g/mol. The molecule has 0 aliphatic heterocycles. The number of carbonyl (C=O) groups excluding carboxylic acids is 5.